The minimum atomic E-state index is -0.424. The van der Waals surface area contributed by atoms with Crippen LogP contribution in [0.5, 0.6) is 11.5 Å². The molecule has 0 aliphatic rings. The van der Waals surface area contributed by atoms with E-state index in [1.165, 1.54) is 35.0 Å². The Balaban J connectivity index is 1.59. The van der Waals surface area contributed by atoms with Gasteiger partial charge in [-0.15, -0.1) is 5.10 Å². The highest BCUT2D eigenvalue weighted by Crippen LogP contribution is 2.31. The fourth-order valence-electron chi connectivity index (χ4n) is 3.35. The van der Waals surface area contributed by atoms with Gasteiger partial charge < -0.3 is 14.8 Å². The van der Waals surface area contributed by atoms with Gasteiger partial charge in [-0.3, -0.25) is 4.79 Å². The highest BCUT2D eigenvalue weighted by molar-refractivity contribution is 7.99. The minimum Gasteiger partial charge on any atom is -0.497 e. The summed E-state index contributed by atoms with van der Waals surface area (Å²) in [5.74, 6) is 0.629. The van der Waals surface area contributed by atoms with E-state index >= 15 is 0 Å². The fourth-order valence-corrected chi connectivity index (χ4v) is 4.25. The number of hydrogen-bond acceptors (Lipinski definition) is 7. The summed E-state index contributed by atoms with van der Waals surface area (Å²) in [4.78, 5) is 30.9. The number of anilines is 1. The van der Waals surface area contributed by atoms with E-state index in [9.17, 15) is 9.59 Å². The van der Waals surface area contributed by atoms with Gasteiger partial charge in [0.2, 0.25) is 5.91 Å². The van der Waals surface area contributed by atoms with Crippen molar-refractivity contribution in [2.75, 3.05) is 19.5 Å². The molecule has 4 rings (SSSR count). The Kier molecular flexibility index (Phi) is 6.36. The number of fused-ring (bicyclic) bond motifs is 1. The molecule has 170 valence electrons. The highest BCUT2D eigenvalue weighted by Gasteiger charge is 2.17. The maximum absolute atomic E-state index is 12.8. The van der Waals surface area contributed by atoms with E-state index in [0.29, 0.717) is 27.9 Å². The van der Waals surface area contributed by atoms with Gasteiger partial charge in [0.05, 0.1) is 19.9 Å². The number of nitrogens with one attached hydrogen (secondary N) is 1. The average molecular weight is 466 g/mol. The molecule has 1 N–H and O–H groups in total. The van der Waals surface area contributed by atoms with Crippen LogP contribution in [0.4, 0.5) is 5.69 Å². The number of rotatable bonds is 7. The number of hydrogen-bond donors (Lipinski definition) is 1. The van der Waals surface area contributed by atoms with Gasteiger partial charge in [-0.1, -0.05) is 29.5 Å². The summed E-state index contributed by atoms with van der Waals surface area (Å²) in [5.41, 5.74) is 2.71. The molecule has 0 fully saturated rings. The first-order valence-electron chi connectivity index (χ1n) is 10.1. The molecular formula is C23H23N5O4S. The molecule has 0 saturated carbocycles. The Labute approximate surface area is 194 Å². The van der Waals surface area contributed by atoms with Gasteiger partial charge in [-0.25, -0.2) is 18.9 Å². The molecule has 4 aromatic rings. The zero-order chi connectivity index (χ0) is 23.5. The van der Waals surface area contributed by atoms with E-state index < -0.39 is 11.6 Å². The summed E-state index contributed by atoms with van der Waals surface area (Å²) in [6.07, 6.45) is 3.09. The highest BCUT2D eigenvalue weighted by atomic mass is 32.2. The Bertz CT molecular complexity index is 1400. The lowest BCUT2D eigenvalue weighted by molar-refractivity contribution is -0.117. The molecule has 0 unspecified atom stereocenters. The van der Waals surface area contributed by atoms with Crippen molar-refractivity contribution in [1.29, 1.82) is 0 Å². The molecule has 0 aliphatic carbocycles. The van der Waals surface area contributed by atoms with Crippen LogP contribution in [0.3, 0.4) is 0 Å². The second kappa shape index (κ2) is 9.37. The van der Waals surface area contributed by atoms with Gasteiger partial charge in [0.25, 0.3) is 0 Å². The summed E-state index contributed by atoms with van der Waals surface area (Å²) in [7, 11) is 3.05. The number of aromatic nitrogens is 4. The van der Waals surface area contributed by atoms with Crippen molar-refractivity contribution >= 4 is 29.0 Å². The lowest BCUT2D eigenvalue weighted by Gasteiger charge is -2.11. The monoisotopic (exact) mass is 465 g/mol. The van der Waals surface area contributed by atoms with Crippen molar-refractivity contribution in [3.05, 3.63) is 70.4 Å². The van der Waals surface area contributed by atoms with Crippen LogP contribution in [0.15, 0.2) is 63.5 Å². The van der Waals surface area contributed by atoms with Crippen LogP contribution in [0.25, 0.3) is 5.65 Å². The van der Waals surface area contributed by atoms with Gasteiger partial charge in [0.1, 0.15) is 23.1 Å². The number of carbonyl (C=O) groups excluding carboxylic acids is 1. The van der Waals surface area contributed by atoms with Gasteiger partial charge >= 0.3 is 5.69 Å². The number of ether oxygens (including phenoxy) is 2. The lowest BCUT2D eigenvalue weighted by Crippen LogP contribution is -2.28. The summed E-state index contributed by atoms with van der Waals surface area (Å²) in [6.45, 7) is 3.80. The number of amides is 1. The van der Waals surface area contributed by atoms with Crippen LogP contribution in [0.1, 0.15) is 11.1 Å². The second-order valence-electron chi connectivity index (χ2n) is 7.35. The number of carbonyl (C=O) groups is 1. The standard InChI is InChI=1S/C23H23N5O4S/c1-14-5-8-19(15(2)11-14)33-22-21-26-28(23(30)27(21)10-9-24-22)13-20(29)25-17-7-6-16(31-3)12-18(17)32-4/h5-12H,13H2,1-4H3,(H,25,29). The normalized spacial score (nSPS) is 10.9. The van der Waals surface area contributed by atoms with Crippen molar-refractivity contribution in [1.82, 2.24) is 19.2 Å². The Hall–Kier alpha value is -3.79. The molecule has 0 bridgehead atoms. The quantitative estimate of drug-likeness (QED) is 0.447. The van der Waals surface area contributed by atoms with Crippen LogP contribution >= 0.6 is 11.8 Å². The zero-order valence-electron chi connectivity index (χ0n) is 18.7. The Morgan fingerprint density at radius 1 is 1.12 bits per heavy atom. The predicted octanol–water partition coefficient (Wildman–Crippen LogP) is 3.31. The van der Waals surface area contributed by atoms with Crippen LogP contribution in [-0.2, 0) is 11.3 Å². The van der Waals surface area contributed by atoms with E-state index in [4.69, 9.17) is 9.47 Å². The third-order valence-corrected chi connectivity index (χ3v) is 6.14. The molecule has 0 atom stereocenters. The molecule has 33 heavy (non-hydrogen) atoms. The van der Waals surface area contributed by atoms with Gasteiger partial charge in [0.15, 0.2) is 5.65 Å². The van der Waals surface area contributed by atoms with Crippen molar-refractivity contribution in [2.24, 2.45) is 0 Å². The lowest BCUT2D eigenvalue weighted by atomic mass is 10.2. The molecule has 9 nitrogen and oxygen atoms in total. The largest absolute Gasteiger partial charge is 0.497 e. The fraction of sp³-hybridized carbons (Fsp3) is 0.217. The van der Waals surface area contributed by atoms with Crippen LogP contribution < -0.4 is 20.5 Å². The zero-order valence-corrected chi connectivity index (χ0v) is 19.5. The minimum absolute atomic E-state index is 0.261. The Morgan fingerprint density at radius 3 is 2.67 bits per heavy atom. The molecule has 10 heteroatoms. The first kappa shape index (κ1) is 22.4. The van der Waals surface area contributed by atoms with Gasteiger partial charge in [-0.2, -0.15) is 0 Å². The van der Waals surface area contributed by atoms with E-state index in [0.717, 1.165) is 15.1 Å². The third-order valence-electron chi connectivity index (χ3n) is 4.98. The van der Waals surface area contributed by atoms with Crippen molar-refractivity contribution in [2.45, 2.75) is 30.3 Å². The molecule has 0 aliphatic heterocycles. The van der Waals surface area contributed by atoms with Crippen molar-refractivity contribution in [3.63, 3.8) is 0 Å². The topological polar surface area (TPSA) is 99.7 Å². The Morgan fingerprint density at radius 2 is 1.94 bits per heavy atom. The van der Waals surface area contributed by atoms with Crippen molar-refractivity contribution in [3.8, 4) is 11.5 Å². The van der Waals surface area contributed by atoms with Crippen LogP contribution in [0, 0.1) is 13.8 Å². The SMILES string of the molecule is COc1ccc(NC(=O)Cn2nc3c(Sc4ccc(C)cc4C)nccn3c2=O)c(OC)c1. The molecule has 1 amide bonds. The molecule has 0 spiro atoms. The van der Waals surface area contributed by atoms with Crippen LogP contribution in [-0.4, -0.2) is 39.3 Å². The molecule has 0 radical (unpaired) electrons. The van der Waals surface area contributed by atoms with Gasteiger partial charge in [-0.05, 0) is 37.6 Å². The summed E-state index contributed by atoms with van der Waals surface area (Å²) in [6, 6.07) is 11.2. The number of aryl methyl sites for hydroxylation is 2. The number of methoxy groups -OCH3 is 2. The molecule has 0 saturated heterocycles. The second-order valence-corrected chi connectivity index (χ2v) is 8.38. The van der Waals surface area contributed by atoms with E-state index in [2.05, 4.69) is 21.5 Å². The molecule has 2 heterocycles. The predicted molar refractivity (Wildman–Crippen MR) is 125 cm³/mol. The van der Waals surface area contributed by atoms with Crippen LogP contribution in [0.2, 0.25) is 0 Å². The molecule has 2 aromatic heterocycles. The first-order valence-corrected chi connectivity index (χ1v) is 10.9. The van der Waals surface area contributed by atoms with Crippen molar-refractivity contribution < 1.29 is 14.3 Å². The maximum Gasteiger partial charge on any atom is 0.350 e. The third kappa shape index (κ3) is 4.70. The smallest absolute Gasteiger partial charge is 0.350 e. The summed E-state index contributed by atoms with van der Waals surface area (Å²) < 4.78 is 13.0. The summed E-state index contributed by atoms with van der Waals surface area (Å²) >= 11 is 1.43. The molecule has 2 aromatic carbocycles. The van der Waals surface area contributed by atoms with E-state index in [-0.39, 0.29) is 6.54 Å². The van der Waals surface area contributed by atoms with E-state index in [1.54, 1.807) is 31.5 Å². The molecular weight excluding hydrogens is 442 g/mol. The number of benzene rings is 2. The number of nitrogens with zero attached hydrogens (tertiary/aromatic N) is 4. The average Bonchev–Trinajstić information content (AvgIpc) is 3.12. The summed E-state index contributed by atoms with van der Waals surface area (Å²) in [5, 5.41) is 7.71. The van der Waals surface area contributed by atoms with E-state index in [1.807, 2.05) is 26.0 Å². The first-order chi connectivity index (χ1) is 15.9. The van der Waals surface area contributed by atoms with Gasteiger partial charge in [0, 0.05) is 23.4 Å². The maximum atomic E-state index is 12.8.